The average molecular weight is 331 g/mol. The summed E-state index contributed by atoms with van der Waals surface area (Å²) < 4.78 is 1.67. The fraction of sp³-hybridized carbons (Fsp3) is 0.471. The highest BCUT2D eigenvalue weighted by atomic mass is 35.5. The highest BCUT2D eigenvalue weighted by Gasteiger charge is 2.31. The number of halogens is 1. The molecule has 0 bridgehead atoms. The van der Waals surface area contributed by atoms with E-state index in [1.54, 1.807) is 4.68 Å². The Balaban J connectivity index is 1.47. The highest BCUT2D eigenvalue weighted by molar-refractivity contribution is 6.30. The van der Waals surface area contributed by atoms with Crippen LogP contribution in [0.25, 0.3) is 0 Å². The van der Waals surface area contributed by atoms with E-state index in [0.29, 0.717) is 10.9 Å². The highest BCUT2D eigenvalue weighted by Crippen LogP contribution is 2.38. The first-order chi connectivity index (χ1) is 11.2. The molecule has 1 amide bonds. The third-order valence-electron chi connectivity index (χ3n) is 4.66. The Morgan fingerprint density at radius 3 is 2.96 bits per heavy atom. The molecular formula is C17H19ClN4O. The first-order valence-electron chi connectivity index (χ1n) is 8.15. The van der Waals surface area contributed by atoms with Gasteiger partial charge in [0, 0.05) is 23.7 Å². The van der Waals surface area contributed by atoms with Crippen molar-refractivity contribution in [3.8, 4) is 0 Å². The van der Waals surface area contributed by atoms with Gasteiger partial charge < -0.3 is 4.90 Å². The summed E-state index contributed by atoms with van der Waals surface area (Å²) in [6.07, 6.45) is 6.30. The summed E-state index contributed by atoms with van der Waals surface area (Å²) >= 11 is 6.09. The van der Waals surface area contributed by atoms with Gasteiger partial charge in [-0.1, -0.05) is 28.9 Å². The lowest BCUT2D eigenvalue weighted by molar-refractivity contribution is -0.133. The number of rotatable bonds is 4. The molecule has 0 radical (unpaired) electrons. The fourth-order valence-corrected chi connectivity index (χ4v) is 3.51. The molecule has 1 saturated heterocycles. The number of hydrogen-bond donors (Lipinski definition) is 0. The van der Waals surface area contributed by atoms with Crippen LogP contribution in [0.3, 0.4) is 0 Å². The van der Waals surface area contributed by atoms with Gasteiger partial charge in [0.25, 0.3) is 0 Å². The molecule has 1 aliphatic heterocycles. The first-order valence-corrected chi connectivity index (χ1v) is 8.53. The van der Waals surface area contributed by atoms with Crippen LogP contribution in [0.4, 0.5) is 0 Å². The Morgan fingerprint density at radius 2 is 2.17 bits per heavy atom. The summed E-state index contributed by atoms with van der Waals surface area (Å²) in [4.78, 5) is 14.6. The van der Waals surface area contributed by atoms with Gasteiger partial charge in [-0.2, -0.15) is 0 Å². The second kappa shape index (κ2) is 5.96. The van der Waals surface area contributed by atoms with Crippen molar-refractivity contribution in [3.05, 3.63) is 46.7 Å². The zero-order valence-electron chi connectivity index (χ0n) is 12.9. The molecule has 1 saturated carbocycles. The maximum absolute atomic E-state index is 12.7. The number of carbonyl (C=O) groups excluding carboxylic acids is 1. The van der Waals surface area contributed by atoms with E-state index in [1.165, 1.54) is 12.8 Å². The molecule has 2 aliphatic rings. The number of nitrogens with zero attached hydrogens (tertiary/aromatic N) is 4. The minimum atomic E-state index is 0.0970. The number of carbonyl (C=O) groups is 1. The van der Waals surface area contributed by atoms with Crippen molar-refractivity contribution in [2.24, 2.45) is 0 Å². The molecule has 0 N–H and O–H groups in total. The van der Waals surface area contributed by atoms with Crippen molar-refractivity contribution in [2.75, 3.05) is 6.54 Å². The van der Waals surface area contributed by atoms with E-state index in [2.05, 4.69) is 10.3 Å². The van der Waals surface area contributed by atoms with Crippen LogP contribution in [-0.4, -0.2) is 32.3 Å². The summed E-state index contributed by atoms with van der Waals surface area (Å²) in [7, 11) is 0. The van der Waals surface area contributed by atoms with E-state index in [1.807, 2.05) is 35.4 Å². The topological polar surface area (TPSA) is 51.0 Å². The van der Waals surface area contributed by atoms with Gasteiger partial charge in [-0.05, 0) is 43.4 Å². The van der Waals surface area contributed by atoms with E-state index in [4.69, 9.17) is 11.6 Å². The lowest BCUT2D eigenvalue weighted by Gasteiger charge is -2.25. The van der Waals surface area contributed by atoms with Crippen molar-refractivity contribution in [1.29, 1.82) is 0 Å². The fourth-order valence-electron chi connectivity index (χ4n) is 3.31. The Bertz CT molecular complexity index is 725. The summed E-state index contributed by atoms with van der Waals surface area (Å²) in [6, 6.07) is 7.92. The number of aromatic nitrogens is 3. The molecule has 1 aromatic heterocycles. The number of hydrogen-bond acceptors (Lipinski definition) is 3. The van der Waals surface area contributed by atoms with Crippen LogP contribution in [0.5, 0.6) is 0 Å². The molecule has 1 atom stereocenters. The second-order valence-corrected chi connectivity index (χ2v) is 6.85. The molecule has 1 aromatic carbocycles. The van der Waals surface area contributed by atoms with Crippen molar-refractivity contribution in [3.63, 3.8) is 0 Å². The van der Waals surface area contributed by atoms with Crippen molar-refractivity contribution in [2.45, 2.75) is 44.2 Å². The van der Waals surface area contributed by atoms with Gasteiger partial charge in [-0.15, -0.1) is 5.10 Å². The predicted molar refractivity (Wildman–Crippen MR) is 87.1 cm³/mol. The smallest absolute Gasteiger partial charge is 0.244 e. The maximum Gasteiger partial charge on any atom is 0.244 e. The van der Waals surface area contributed by atoms with Gasteiger partial charge in [-0.25, -0.2) is 4.68 Å². The lowest BCUT2D eigenvalue weighted by Crippen LogP contribution is -2.33. The van der Waals surface area contributed by atoms with Crippen molar-refractivity contribution in [1.82, 2.24) is 19.9 Å². The molecule has 2 fully saturated rings. The maximum atomic E-state index is 12.7. The molecule has 6 heteroatoms. The van der Waals surface area contributed by atoms with Crippen LogP contribution >= 0.6 is 11.6 Å². The predicted octanol–water partition coefficient (Wildman–Crippen LogP) is 3.17. The van der Waals surface area contributed by atoms with Gasteiger partial charge in [-0.3, -0.25) is 4.79 Å². The first kappa shape index (κ1) is 14.7. The van der Waals surface area contributed by atoms with E-state index in [9.17, 15) is 4.79 Å². The SMILES string of the molecule is O=C(Cn1cc(C2CC2)nn1)N1CCCC1c1cccc(Cl)c1. The summed E-state index contributed by atoms with van der Waals surface area (Å²) in [5.74, 6) is 0.657. The lowest BCUT2D eigenvalue weighted by atomic mass is 10.0. The van der Waals surface area contributed by atoms with Gasteiger partial charge >= 0.3 is 0 Å². The average Bonchev–Trinajstić information content (AvgIpc) is 3.09. The Labute approximate surface area is 140 Å². The number of likely N-dealkylation sites (tertiary alicyclic amines) is 1. The van der Waals surface area contributed by atoms with Crippen LogP contribution in [0.1, 0.15) is 48.9 Å². The van der Waals surface area contributed by atoms with Crippen molar-refractivity contribution >= 4 is 17.5 Å². The minimum absolute atomic E-state index is 0.0970. The minimum Gasteiger partial charge on any atom is -0.334 e. The molecule has 2 heterocycles. The molecule has 1 unspecified atom stereocenters. The summed E-state index contributed by atoms with van der Waals surface area (Å²) in [5.41, 5.74) is 2.13. The van der Waals surface area contributed by atoms with Crippen LogP contribution in [-0.2, 0) is 11.3 Å². The van der Waals surface area contributed by atoms with Gasteiger partial charge in [0.2, 0.25) is 5.91 Å². The second-order valence-electron chi connectivity index (χ2n) is 6.42. The van der Waals surface area contributed by atoms with E-state index < -0.39 is 0 Å². The van der Waals surface area contributed by atoms with Crippen molar-refractivity contribution < 1.29 is 4.79 Å². The molecule has 0 spiro atoms. The number of amides is 1. The normalized spacial score (nSPS) is 20.9. The quantitative estimate of drug-likeness (QED) is 0.865. The van der Waals surface area contributed by atoms with Crippen LogP contribution in [0.2, 0.25) is 5.02 Å². The van der Waals surface area contributed by atoms with Gasteiger partial charge in [0.15, 0.2) is 0 Å². The molecule has 23 heavy (non-hydrogen) atoms. The Morgan fingerprint density at radius 1 is 1.30 bits per heavy atom. The van der Waals surface area contributed by atoms with Crippen LogP contribution in [0, 0.1) is 0 Å². The molecule has 4 rings (SSSR count). The molecule has 120 valence electrons. The largest absolute Gasteiger partial charge is 0.334 e. The number of benzene rings is 1. The molecule has 1 aliphatic carbocycles. The van der Waals surface area contributed by atoms with Gasteiger partial charge in [0.1, 0.15) is 6.54 Å². The van der Waals surface area contributed by atoms with E-state index in [0.717, 1.165) is 30.6 Å². The Kier molecular flexibility index (Phi) is 3.81. The van der Waals surface area contributed by atoms with E-state index >= 15 is 0 Å². The summed E-state index contributed by atoms with van der Waals surface area (Å²) in [5, 5.41) is 8.99. The third kappa shape index (κ3) is 3.11. The monoisotopic (exact) mass is 330 g/mol. The zero-order chi connectivity index (χ0) is 15.8. The van der Waals surface area contributed by atoms with E-state index in [-0.39, 0.29) is 18.5 Å². The van der Waals surface area contributed by atoms with Crippen LogP contribution < -0.4 is 0 Å². The van der Waals surface area contributed by atoms with Crippen LogP contribution in [0.15, 0.2) is 30.5 Å². The third-order valence-corrected chi connectivity index (χ3v) is 4.89. The standard InChI is InChI=1S/C17H19ClN4O/c18-14-4-1-3-13(9-14)16-5-2-8-22(16)17(23)11-21-10-15(19-20-21)12-6-7-12/h1,3-4,9-10,12,16H,2,5-8,11H2. The molecule has 5 nitrogen and oxygen atoms in total. The summed E-state index contributed by atoms with van der Waals surface area (Å²) in [6.45, 7) is 1.05. The Hall–Kier alpha value is -1.88. The zero-order valence-corrected chi connectivity index (χ0v) is 13.6. The molecule has 2 aromatic rings. The molecular weight excluding hydrogens is 312 g/mol. The van der Waals surface area contributed by atoms with Gasteiger partial charge in [0.05, 0.1) is 11.7 Å².